The lowest BCUT2D eigenvalue weighted by atomic mass is 10.1. The van der Waals surface area contributed by atoms with E-state index < -0.39 is 0 Å². The summed E-state index contributed by atoms with van der Waals surface area (Å²) in [6.07, 6.45) is 0. The van der Waals surface area contributed by atoms with Crippen LogP contribution in [0, 0.1) is 5.82 Å². The van der Waals surface area contributed by atoms with Gasteiger partial charge in [-0.2, -0.15) is 0 Å². The van der Waals surface area contributed by atoms with Crippen LogP contribution in [0.1, 0.15) is 15.9 Å². The number of carbonyl (C=O) groups is 1. The highest BCUT2D eigenvalue weighted by Crippen LogP contribution is 2.28. The molecule has 0 fully saturated rings. The van der Waals surface area contributed by atoms with Gasteiger partial charge in [0.1, 0.15) is 5.82 Å². The minimum absolute atomic E-state index is 0.163. The quantitative estimate of drug-likeness (QED) is 0.761. The van der Waals surface area contributed by atoms with Crippen LogP contribution >= 0.6 is 39.1 Å². The van der Waals surface area contributed by atoms with Gasteiger partial charge in [-0.3, -0.25) is 4.79 Å². The molecule has 0 saturated heterocycles. The molecule has 7 heteroatoms. The van der Waals surface area contributed by atoms with Gasteiger partial charge >= 0.3 is 0 Å². The molecule has 0 radical (unpaired) electrons. The Labute approximate surface area is 139 Å². The summed E-state index contributed by atoms with van der Waals surface area (Å²) in [4.78, 5) is 12.1. The highest BCUT2D eigenvalue weighted by molar-refractivity contribution is 9.10. The van der Waals surface area contributed by atoms with Gasteiger partial charge in [-0.05, 0) is 35.9 Å². The standard InChI is InChI=1S/C14H10BrCl2FN2O/c15-10-2-1-9(18)3-8(10)6-20-14(21)7-4-11(16)13(19)12(17)5-7/h1-5H,6,19H2,(H,20,21). The van der Waals surface area contributed by atoms with Crippen molar-refractivity contribution in [3.63, 3.8) is 0 Å². The van der Waals surface area contributed by atoms with Crippen LogP contribution in [-0.2, 0) is 6.54 Å². The van der Waals surface area contributed by atoms with Crippen molar-refractivity contribution < 1.29 is 9.18 Å². The largest absolute Gasteiger partial charge is 0.396 e. The number of carbonyl (C=O) groups excluding carboxylic acids is 1. The number of benzene rings is 2. The number of nitrogen functional groups attached to an aromatic ring is 1. The molecule has 1 amide bonds. The van der Waals surface area contributed by atoms with Crippen molar-refractivity contribution in [2.24, 2.45) is 0 Å². The fourth-order valence-corrected chi connectivity index (χ4v) is 2.55. The number of rotatable bonds is 3. The zero-order valence-electron chi connectivity index (χ0n) is 10.6. The first-order chi connectivity index (χ1) is 9.88. The molecular weight excluding hydrogens is 382 g/mol. The van der Waals surface area contributed by atoms with E-state index in [1.807, 2.05) is 0 Å². The summed E-state index contributed by atoms with van der Waals surface area (Å²) >= 11 is 15.1. The Hall–Kier alpha value is -1.30. The van der Waals surface area contributed by atoms with Gasteiger partial charge in [0, 0.05) is 16.6 Å². The average Bonchev–Trinajstić information content (AvgIpc) is 2.44. The molecule has 2 rings (SSSR count). The number of halogens is 4. The molecule has 3 nitrogen and oxygen atoms in total. The van der Waals surface area contributed by atoms with Gasteiger partial charge in [0.25, 0.3) is 5.91 Å². The van der Waals surface area contributed by atoms with Crippen LogP contribution in [0.3, 0.4) is 0 Å². The van der Waals surface area contributed by atoms with Crippen LogP contribution in [0.5, 0.6) is 0 Å². The molecule has 2 aromatic rings. The summed E-state index contributed by atoms with van der Waals surface area (Å²) in [5.74, 6) is -0.754. The molecule has 0 unspecified atom stereocenters. The Balaban J connectivity index is 2.13. The number of anilines is 1. The molecule has 3 N–H and O–H groups in total. The third-order valence-electron chi connectivity index (χ3n) is 2.79. The van der Waals surface area contributed by atoms with Crippen LogP contribution in [0.25, 0.3) is 0 Å². The Morgan fingerprint density at radius 2 is 1.86 bits per heavy atom. The summed E-state index contributed by atoms with van der Waals surface area (Å²) in [5, 5.41) is 3.08. The van der Waals surface area contributed by atoms with E-state index in [1.54, 1.807) is 6.07 Å². The monoisotopic (exact) mass is 390 g/mol. The highest BCUT2D eigenvalue weighted by Gasteiger charge is 2.12. The second-order valence-electron chi connectivity index (χ2n) is 4.27. The van der Waals surface area contributed by atoms with Crippen LogP contribution < -0.4 is 11.1 Å². The molecule has 0 saturated carbocycles. The lowest BCUT2D eigenvalue weighted by molar-refractivity contribution is 0.0951. The molecule has 2 aromatic carbocycles. The topological polar surface area (TPSA) is 55.1 Å². The van der Waals surface area contributed by atoms with E-state index in [4.69, 9.17) is 28.9 Å². The molecule has 0 aliphatic heterocycles. The molecule has 0 spiro atoms. The first kappa shape index (κ1) is 16.1. The molecule has 0 atom stereocenters. The summed E-state index contributed by atoms with van der Waals surface area (Å²) < 4.78 is 13.9. The number of hydrogen-bond acceptors (Lipinski definition) is 2. The molecule has 110 valence electrons. The maximum Gasteiger partial charge on any atom is 0.251 e. The van der Waals surface area contributed by atoms with Crippen molar-refractivity contribution in [1.82, 2.24) is 5.32 Å². The third kappa shape index (κ3) is 3.87. The zero-order chi connectivity index (χ0) is 15.6. The van der Waals surface area contributed by atoms with Crippen molar-refractivity contribution in [2.45, 2.75) is 6.54 Å². The first-order valence-electron chi connectivity index (χ1n) is 5.85. The smallest absolute Gasteiger partial charge is 0.251 e. The lowest BCUT2D eigenvalue weighted by Crippen LogP contribution is -2.23. The van der Waals surface area contributed by atoms with E-state index in [-0.39, 0.29) is 39.6 Å². The van der Waals surface area contributed by atoms with E-state index in [0.717, 1.165) is 0 Å². The van der Waals surface area contributed by atoms with E-state index in [1.165, 1.54) is 24.3 Å². The molecule has 0 heterocycles. The Morgan fingerprint density at radius 1 is 1.24 bits per heavy atom. The zero-order valence-corrected chi connectivity index (χ0v) is 13.7. The van der Waals surface area contributed by atoms with Crippen LogP contribution in [0.4, 0.5) is 10.1 Å². The molecular formula is C14H10BrCl2FN2O. The first-order valence-corrected chi connectivity index (χ1v) is 7.40. The second kappa shape index (κ2) is 6.64. The number of amides is 1. The fraction of sp³-hybridized carbons (Fsp3) is 0.0714. The normalized spacial score (nSPS) is 10.5. The van der Waals surface area contributed by atoms with Gasteiger partial charge in [-0.1, -0.05) is 39.1 Å². The van der Waals surface area contributed by atoms with Crippen molar-refractivity contribution in [3.05, 3.63) is 61.8 Å². The maximum atomic E-state index is 13.2. The van der Waals surface area contributed by atoms with E-state index in [9.17, 15) is 9.18 Å². The SMILES string of the molecule is Nc1c(Cl)cc(C(=O)NCc2cc(F)ccc2Br)cc1Cl. The summed E-state index contributed by atoms with van der Waals surface area (Å²) in [5.41, 5.74) is 6.74. The van der Waals surface area contributed by atoms with Gasteiger partial charge in [0.2, 0.25) is 0 Å². The third-order valence-corrected chi connectivity index (χ3v) is 4.19. The van der Waals surface area contributed by atoms with Crippen molar-refractivity contribution in [1.29, 1.82) is 0 Å². The lowest BCUT2D eigenvalue weighted by Gasteiger charge is -2.09. The maximum absolute atomic E-state index is 13.2. The van der Waals surface area contributed by atoms with Gasteiger partial charge in [-0.25, -0.2) is 4.39 Å². The number of nitrogens with two attached hydrogens (primary N) is 1. The molecule has 0 aliphatic carbocycles. The molecule has 0 aromatic heterocycles. The summed E-state index contributed by atoms with van der Waals surface area (Å²) in [6, 6.07) is 7.10. The van der Waals surface area contributed by atoms with Crippen molar-refractivity contribution in [3.8, 4) is 0 Å². The molecule has 0 bridgehead atoms. The van der Waals surface area contributed by atoms with Gasteiger partial charge < -0.3 is 11.1 Å². The minimum Gasteiger partial charge on any atom is -0.396 e. The van der Waals surface area contributed by atoms with E-state index >= 15 is 0 Å². The Kier molecular flexibility index (Phi) is 5.08. The molecule has 0 aliphatic rings. The predicted molar refractivity (Wildman–Crippen MR) is 86.1 cm³/mol. The van der Waals surface area contributed by atoms with Crippen molar-refractivity contribution in [2.75, 3.05) is 5.73 Å². The van der Waals surface area contributed by atoms with E-state index in [0.29, 0.717) is 10.0 Å². The summed E-state index contributed by atoms with van der Waals surface area (Å²) in [6.45, 7) is 0.163. The fourth-order valence-electron chi connectivity index (χ4n) is 1.67. The van der Waals surface area contributed by atoms with Crippen LogP contribution in [0.15, 0.2) is 34.8 Å². The highest BCUT2D eigenvalue weighted by atomic mass is 79.9. The average molecular weight is 392 g/mol. The summed E-state index contributed by atoms with van der Waals surface area (Å²) in [7, 11) is 0. The minimum atomic E-state index is -0.380. The Morgan fingerprint density at radius 3 is 2.48 bits per heavy atom. The van der Waals surface area contributed by atoms with Gasteiger partial charge in [0.05, 0.1) is 15.7 Å². The van der Waals surface area contributed by atoms with Crippen LogP contribution in [-0.4, -0.2) is 5.91 Å². The predicted octanol–water partition coefficient (Wildman–Crippen LogP) is 4.41. The number of nitrogens with one attached hydrogen (secondary N) is 1. The second-order valence-corrected chi connectivity index (χ2v) is 5.94. The van der Waals surface area contributed by atoms with Crippen molar-refractivity contribution >= 4 is 50.7 Å². The van der Waals surface area contributed by atoms with E-state index in [2.05, 4.69) is 21.2 Å². The molecule has 21 heavy (non-hydrogen) atoms. The number of hydrogen-bond donors (Lipinski definition) is 2. The van der Waals surface area contributed by atoms with Gasteiger partial charge in [-0.15, -0.1) is 0 Å². The van der Waals surface area contributed by atoms with Crippen LogP contribution in [0.2, 0.25) is 10.0 Å². The Bertz CT molecular complexity index is 686. The van der Waals surface area contributed by atoms with Gasteiger partial charge in [0.15, 0.2) is 0 Å².